The van der Waals surface area contributed by atoms with E-state index in [9.17, 15) is 0 Å². The predicted octanol–water partition coefficient (Wildman–Crippen LogP) is 2.13. The van der Waals surface area contributed by atoms with Crippen LogP contribution in [0.5, 0.6) is 0 Å². The SMILES string of the molecule is CCc1nc2ccccc2n1CCC/C(N)=N/O. The maximum atomic E-state index is 8.51. The van der Waals surface area contributed by atoms with Gasteiger partial charge in [0.2, 0.25) is 0 Å². The number of imidazole rings is 1. The standard InChI is InChI=1S/C13H18N4O/c1-2-13-15-10-6-3-4-7-11(10)17(13)9-5-8-12(14)16-18/h3-4,6-7,18H,2,5,8-9H2,1H3,(H2,14,16). The van der Waals surface area contributed by atoms with Gasteiger partial charge in [-0.05, 0) is 18.6 Å². The average Bonchev–Trinajstić information content (AvgIpc) is 2.77. The number of fused-ring (bicyclic) bond motifs is 1. The number of nitrogens with two attached hydrogens (primary N) is 1. The van der Waals surface area contributed by atoms with Crippen molar-refractivity contribution in [2.45, 2.75) is 32.7 Å². The predicted molar refractivity (Wildman–Crippen MR) is 71.8 cm³/mol. The molecule has 3 N–H and O–H groups in total. The first-order valence-electron chi connectivity index (χ1n) is 6.16. The fourth-order valence-electron chi connectivity index (χ4n) is 2.11. The van der Waals surface area contributed by atoms with E-state index in [1.54, 1.807) is 0 Å². The van der Waals surface area contributed by atoms with E-state index in [1.807, 2.05) is 18.2 Å². The van der Waals surface area contributed by atoms with Gasteiger partial charge in [-0.3, -0.25) is 0 Å². The minimum atomic E-state index is 0.275. The van der Waals surface area contributed by atoms with Gasteiger partial charge in [-0.2, -0.15) is 0 Å². The maximum Gasteiger partial charge on any atom is 0.139 e. The Hall–Kier alpha value is -2.04. The van der Waals surface area contributed by atoms with Crippen molar-refractivity contribution in [3.05, 3.63) is 30.1 Å². The summed E-state index contributed by atoms with van der Waals surface area (Å²) in [6, 6.07) is 8.11. The number of hydrogen-bond donors (Lipinski definition) is 2. The lowest BCUT2D eigenvalue weighted by atomic mass is 10.2. The van der Waals surface area contributed by atoms with Crippen molar-refractivity contribution in [1.29, 1.82) is 0 Å². The Bertz CT molecular complexity index is 559. The largest absolute Gasteiger partial charge is 0.409 e. The number of amidine groups is 1. The average molecular weight is 246 g/mol. The second-order valence-electron chi connectivity index (χ2n) is 4.22. The molecule has 0 unspecified atom stereocenters. The minimum Gasteiger partial charge on any atom is -0.409 e. The first-order chi connectivity index (χ1) is 8.76. The lowest BCUT2D eigenvalue weighted by Gasteiger charge is -2.07. The van der Waals surface area contributed by atoms with E-state index in [0.29, 0.717) is 6.42 Å². The molecule has 0 atom stereocenters. The van der Waals surface area contributed by atoms with Gasteiger partial charge in [0.05, 0.1) is 11.0 Å². The first kappa shape index (κ1) is 12.4. The molecule has 18 heavy (non-hydrogen) atoms. The number of aromatic nitrogens is 2. The molecule has 0 bridgehead atoms. The highest BCUT2D eigenvalue weighted by molar-refractivity contribution is 5.79. The van der Waals surface area contributed by atoms with Crippen LogP contribution in [0.15, 0.2) is 29.4 Å². The fraction of sp³-hybridized carbons (Fsp3) is 0.385. The molecule has 5 heteroatoms. The summed E-state index contributed by atoms with van der Waals surface area (Å²) in [5, 5.41) is 11.5. The summed E-state index contributed by atoms with van der Waals surface area (Å²) in [6.45, 7) is 2.93. The number of oxime groups is 1. The maximum absolute atomic E-state index is 8.51. The van der Waals surface area contributed by atoms with Crippen molar-refractivity contribution in [3.63, 3.8) is 0 Å². The molecular formula is C13H18N4O. The summed E-state index contributed by atoms with van der Waals surface area (Å²) in [7, 11) is 0. The topological polar surface area (TPSA) is 76.4 Å². The molecule has 0 aliphatic carbocycles. The third-order valence-corrected chi connectivity index (χ3v) is 2.99. The zero-order valence-electron chi connectivity index (χ0n) is 10.5. The van der Waals surface area contributed by atoms with Crippen LogP contribution in [0.4, 0.5) is 0 Å². The monoisotopic (exact) mass is 246 g/mol. The van der Waals surface area contributed by atoms with Crippen LogP contribution in [0.3, 0.4) is 0 Å². The number of aryl methyl sites for hydroxylation is 2. The van der Waals surface area contributed by atoms with Gasteiger partial charge < -0.3 is 15.5 Å². The van der Waals surface area contributed by atoms with Gasteiger partial charge in [-0.15, -0.1) is 0 Å². The molecule has 0 radical (unpaired) electrons. The Labute approximate surface area is 106 Å². The van der Waals surface area contributed by atoms with Crippen LogP contribution in [0.1, 0.15) is 25.6 Å². The van der Waals surface area contributed by atoms with Gasteiger partial charge in [0.1, 0.15) is 11.7 Å². The second kappa shape index (κ2) is 5.53. The van der Waals surface area contributed by atoms with E-state index in [1.165, 1.54) is 0 Å². The lowest BCUT2D eigenvalue weighted by Crippen LogP contribution is -2.13. The number of nitrogens with zero attached hydrogens (tertiary/aromatic N) is 3. The van der Waals surface area contributed by atoms with Crippen molar-refractivity contribution in [3.8, 4) is 0 Å². The van der Waals surface area contributed by atoms with Crippen LogP contribution in [-0.4, -0.2) is 20.6 Å². The summed E-state index contributed by atoms with van der Waals surface area (Å²) >= 11 is 0. The highest BCUT2D eigenvalue weighted by Crippen LogP contribution is 2.17. The molecule has 1 heterocycles. The molecule has 0 aliphatic rings. The number of hydrogen-bond acceptors (Lipinski definition) is 3. The molecule has 0 amide bonds. The van der Waals surface area contributed by atoms with Crippen LogP contribution in [0, 0.1) is 0 Å². The van der Waals surface area contributed by atoms with Crippen molar-refractivity contribution in [2.75, 3.05) is 0 Å². The van der Waals surface area contributed by atoms with Crippen LogP contribution in [-0.2, 0) is 13.0 Å². The van der Waals surface area contributed by atoms with Gasteiger partial charge in [-0.1, -0.05) is 24.2 Å². The summed E-state index contributed by atoms with van der Waals surface area (Å²) in [4.78, 5) is 4.60. The van der Waals surface area contributed by atoms with Gasteiger partial charge in [0, 0.05) is 19.4 Å². The second-order valence-corrected chi connectivity index (χ2v) is 4.22. The zero-order valence-corrected chi connectivity index (χ0v) is 10.5. The van der Waals surface area contributed by atoms with Gasteiger partial charge in [0.15, 0.2) is 0 Å². The van der Waals surface area contributed by atoms with Crippen LogP contribution in [0.25, 0.3) is 11.0 Å². The molecule has 5 nitrogen and oxygen atoms in total. The third kappa shape index (κ3) is 2.45. The fourth-order valence-corrected chi connectivity index (χ4v) is 2.11. The summed E-state index contributed by atoms with van der Waals surface area (Å²) in [5.74, 6) is 1.35. The van der Waals surface area contributed by atoms with Crippen LogP contribution in [0.2, 0.25) is 0 Å². The molecule has 0 saturated carbocycles. The Morgan fingerprint density at radius 1 is 1.44 bits per heavy atom. The number of benzene rings is 1. The van der Waals surface area contributed by atoms with E-state index in [-0.39, 0.29) is 5.84 Å². The summed E-state index contributed by atoms with van der Waals surface area (Å²) in [5.41, 5.74) is 7.64. The number of rotatable bonds is 5. The quantitative estimate of drug-likeness (QED) is 0.367. The van der Waals surface area contributed by atoms with Gasteiger partial charge >= 0.3 is 0 Å². The Morgan fingerprint density at radius 3 is 2.94 bits per heavy atom. The Morgan fingerprint density at radius 2 is 2.22 bits per heavy atom. The van der Waals surface area contributed by atoms with E-state index >= 15 is 0 Å². The molecule has 0 aliphatic heterocycles. The van der Waals surface area contributed by atoms with Gasteiger partial charge in [0.25, 0.3) is 0 Å². The van der Waals surface area contributed by atoms with Crippen LogP contribution < -0.4 is 5.73 Å². The molecule has 96 valence electrons. The van der Waals surface area contributed by atoms with E-state index in [2.05, 4.69) is 27.7 Å². The highest BCUT2D eigenvalue weighted by Gasteiger charge is 2.08. The summed E-state index contributed by atoms with van der Waals surface area (Å²) in [6.07, 6.45) is 2.33. The molecule has 2 rings (SSSR count). The molecule has 0 fully saturated rings. The molecule has 0 spiro atoms. The number of para-hydroxylation sites is 2. The first-order valence-corrected chi connectivity index (χ1v) is 6.16. The van der Waals surface area contributed by atoms with Crippen molar-refractivity contribution in [1.82, 2.24) is 9.55 Å². The molecule has 1 aromatic heterocycles. The Balaban J connectivity index is 2.20. The Kier molecular flexibility index (Phi) is 3.82. The lowest BCUT2D eigenvalue weighted by molar-refractivity contribution is 0.316. The van der Waals surface area contributed by atoms with Crippen molar-refractivity contribution >= 4 is 16.9 Å². The molecule has 0 saturated heterocycles. The van der Waals surface area contributed by atoms with E-state index in [0.717, 1.165) is 36.2 Å². The van der Waals surface area contributed by atoms with Crippen LogP contribution >= 0.6 is 0 Å². The zero-order chi connectivity index (χ0) is 13.0. The van der Waals surface area contributed by atoms with Gasteiger partial charge in [-0.25, -0.2) is 4.98 Å². The summed E-state index contributed by atoms with van der Waals surface area (Å²) < 4.78 is 2.21. The van der Waals surface area contributed by atoms with E-state index < -0.39 is 0 Å². The molecule has 2 aromatic rings. The van der Waals surface area contributed by atoms with Crippen molar-refractivity contribution < 1.29 is 5.21 Å². The highest BCUT2D eigenvalue weighted by atomic mass is 16.4. The van der Waals surface area contributed by atoms with Crippen molar-refractivity contribution in [2.24, 2.45) is 10.9 Å². The smallest absolute Gasteiger partial charge is 0.139 e. The molecule has 1 aromatic carbocycles. The minimum absolute atomic E-state index is 0.275. The van der Waals surface area contributed by atoms with E-state index in [4.69, 9.17) is 10.9 Å². The molecular weight excluding hydrogens is 228 g/mol. The third-order valence-electron chi connectivity index (χ3n) is 2.99. The normalized spacial score (nSPS) is 12.2.